The van der Waals surface area contributed by atoms with Crippen LogP contribution in [0, 0.1) is 6.92 Å². The Kier molecular flexibility index (Phi) is 9.64. The minimum absolute atomic E-state index is 0.164. The summed E-state index contributed by atoms with van der Waals surface area (Å²) in [5, 5.41) is 4.88. The van der Waals surface area contributed by atoms with Crippen LogP contribution in [0.15, 0.2) is 71.6 Å². The smallest absolute Gasteiger partial charge is 0.294 e. The topological polar surface area (TPSA) is 123 Å². The van der Waals surface area contributed by atoms with Crippen molar-refractivity contribution in [3.05, 3.63) is 82.8 Å². The highest BCUT2D eigenvalue weighted by Crippen LogP contribution is 2.34. The van der Waals surface area contributed by atoms with Crippen molar-refractivity contribution < 1.29 is 33.4 Å². The lowest BCUT2D eigenvalue weighted by atomic mass is 10.2. The number of carbonyl (C=O) groups excluding carboxylic acids is 4. The second kappa shape index (κ2) is 13.5. The molecule has 3 aromatic carbocycles. The van der Waals surface area contributed by atoms with E-state index in [1.54, 1.807) is 54.6 Å². The minimum atomic E-state index is -0.575. The second-order valence-electron chi connectivity index (χ2n) is 8.89. The molecular weight excluding hydrogens is 546 g/mol. The first kappa shape index (κ1) is 29.2. The van der Waals surface area contributed by atoms with Crippen LogP contribution in [0.5, 0.6) is 17.2 Å². The molecule has 2 N–H and O–H groups in total. The average molecular weight is 576 g/mol. The molecule has 0 spiro atoms. The lowest BCUT2D eigenvalue weighted by molar-refractivity contribution is -0.127. The maximum Gasteiger partial charge on any atom is 0.294 e. The van der Waals surface area contributed by atoms with Crippen molar-refractivity contribution in [1.29, 1.82) is 0 Å². The molecule has 1 aliphatic rings. The van der Waals surface area contributed by atoms with Gasteiger partial charge in [0.15, 0.2) is 18.1 Å². The summed E-state index contributed by atoms with van der Waals surface area (Å²) in [5.41, 5.74) is 2.83. The average Bonchev–Trinajstić information content (AvgIpc) is 3.21. The molecule has 10 nitrogen and oxygen atoms in total. The quantitative estimate of drug-likeness (QED) is 0.303. The van der Waals surface area contributed by atoms with Crippen LogP contribution >= 0.6 is 11.8 Å². The zero-order valence-corrected chi connectivity index (χ0v) is 23.6. The van der Waals surface area contributed by atoms with Crippen LogP contribution in [0.1, 0.15) is 18.1 Å². The third kappa shape index (κ3) is 7.89. The number of amides is 4. The van der Waals surface area contributed by atoms with Crippen LogP contribution < -0.4 is 24.8 Å². The van der Waals surface area contributed by atoms with Gasteiger partial charge in [0.1, 0.15) is 12.3 Å². The predicted molar refractivity (Wildman–Crippen MR) is 157 cm³/mol. The first-order chi connectivity index (χ1) is 19.7. The molecule has 212 valence electrons. The maximum atomic E-state index is 12.9. The fourth-order valence-electron chi connectivity index (χ4n) is 3.80. The summed E-state index contributed by atoms with van der Waals surface area (Å²) < 4.78 is 16.4. The SMILES string of the molecule is CCOc1ccc(NC(=O)CN2C(=O)S/C(=C/c3ccc(OCC(=O)Nc4ccc(C)cc4)c(OC)c3)C2=O)cc1. The van der Waals surface area contributed by atoms with E-state index in [-0.39, 0.29) is 17.4 Å². The fraction of sp³-hybridized carbons (Fsp3) is 0.200. The van der Waals surface area contributed by atoms with E-state index in [0.29, 0.717) is 40.8 Å². The number of benzene rings is 3. The Balaban J connectivity index is 1.35. The van der Waals surface area contributed by atoms with Crippen LogP contribution in [0.3, 0.4) is 0 Å². The summed E-state index contributed by atoms with van der Waals surface area (Å²) in [4.78, 5) is 51.3. The van der Waals surface area contributed by atoms with Gasteiger partial charge in [-0.25, -0.2) is 0 Å². The number of hydrogen-bond donors (Lipinski definition) is 2. The molecule has 0 unspecified atom stereocenters. The minimum Gasteiger partial charge on any atom is -0.494 e. The summed E-state index contributed by atoms with van der Waals surface area (Å²) in [6, 6.07) is 19.1. The van der Waals surface area contributed by atoms with Crippen molar-refractivity contribution in [3.63, 3.8) is 0 Å². The molecule has 0 aromatic heterocycles. The molecule has 1 saturated heterocycles. The summed E-state index contributed by atoms with van der Waals surface area (Å²) in [7, 11) is 1.45. The number of ether oxygens (including phenoxy) is 3. The predicted octanol–water partition coefficient (Wildman–Crippen LogP) is 5.09. The third-order valence-corrected chi connectivity index (χ3v) is 6.71. The van der Waals surface area contributed by atoms with E-state index < -0.39 is 23.6 Å². The zero-order valence-electron chi connectivity index (χ0n) is 22.8. The number of anilines is 2. The highest BCUT2D eigenvalue weighted by atomic mass is 32.2. The summed E-state index contributed by atoms with van der Waals surface area (Å²) in [5.74, 6) is -0.0681. The first-order valence-corrected chi connectivity index (χ1v) is 13.5. The Morgan fingerprint density at radius 1 is 0.878 bits per heavy atom. The van der Waals surface area contributed by atoms with Gasteiger partial charge < -0.3 is 24.8 Å². The Bertz CT molecular complexity index is 1470. The van der Waals surface area contributed by atoms with Gasteiger partial charge in [-0.3, -0.25) is 24.1 Å². The molecule has 0 saturated carbocycles. The van der Waals surface area contributed by atoms with Crippen molar-refractivity contribution >= 4 is 52.2 Å². The number of thioether (sulfide) groups is 1. The van der Waals surface area contributed by atoms with Gasteiger partial charge >= 0.3 is 0 Å². The van der Waals surface area contributed by atoms with Gasteiger partial charge in [0, 0.05) is 11.4 Å². The molecular formula is C30H29N3O7S. The van der Waals surface area contributed by atoms with Gasteiger partial charge in [0.25, 0.3) is 17.1 Å². The molecule has 3 aromatic rings. The molecule has 0 radical (unpaired) electrons. The Morgan fingerprint density at radius 2 is 1.54 bits per heavy atom. The van der Waals surface area contributed by atoms with E-state index in [1.165, 1.54) is 13.2 Å². The van der Waals surface area contributed by atoms with Gasteiger partial charge in [-0.05, 0) is 85.8 Å². The number of imide groups is 1. The Labute approximate surface area is 241 Å². The fourth-order valence-corrected chi connectivity index (χ4v) is 4.64. The number of aryl methyl sites for hydroxylation is 1. The van der Waals surface area contributed by atoms with E-state index in [2.05, 4.69) is 10.6 Å². The first-order valence-electron chi connectivity index (χ1n) is 12.7. The van der Waals surface area contributed by atoms with E-state index in [1.807, 2.05) is 26.0 Å². The molecule has 1 heterocycles. The van der Waals surface area contributed by atoms with Crippen molar-refractivity contribution in [2.45, 2.75) is 13.8 Å². The number of carbonyl (C=O) groups is 4. The van der Waals surface area contributed by atoms with Crippen molar-refractivity contribution in [1.82, 2.24) is 4.90 Å². The lowest BCUT2D eigenvalue weighted by Gasteiger charge is -2.13. The standard InChI is InChI=1S/C30H29N3O7S/c1-4-39-23-12-10-22(11-13-23)31-27(34)17-33-29(36)26(41-30(33)37)16-20-7-14-24(25(15-20)38-3)40-18-28(35)32-21-8-5-19(2)6-9-21/h5-16H,4,17-18H2,1-3H3,(H,31,34)(H,32,35)/b26-16+. The summed E-state index contributed by atoms with van der Waals surface area (Å²) in [6.07, 6.45) is 1.53. The molecule has 4 amide bonds. The highest BCUT2D eigenvalue weighted by Gasteiger charge is 2.36. The second-order valence-corrected chi connectivity index (χ2v) is 9.88. The van der Waals surface area contributed by atoms with E-state index >= 15 is 0 Å². The summed E-state index contributed by atoms with van der Waals surface area (Å²) in [6.45, 7) is 3.70. The van der Waals surface area contributed by atoms with Crippen molar-refractivity contribution in [2.75, 3.05) is 37.5 Å². The number of rotatable bonds is 11. The number of nitrogens with one attached hydrogen (secondary N) is 2. The van der Waals surface area contributed by atoms with Crippen molar-refractivity contribution in [3.8, 4) is 17.2 Å². The molecule has 4 rings (SSSR count). The van der Waals surface area contributed by atoms with Crippen LogP contribution in [0.25, 0.3) is 6.08 Å². The Hall–Kier alpha value is -4.77. The van der Waals surface area contributed by atoms with E-state index in [4.69, 9.17) is 14.2 Å². The molecule has 0 bridgehead atoms. The van der Waals surface area contributed by atoms with Gasteiger partial charge in [0.2, 0.25) is 5.91 Å². The Morgan fingerprint density at radius 3 is 2.20 bits per heavy atom. The van der Waals surface area contributed by atoms with Crippen LogP contribution in [-0.4, -0.2) is 54.7 Å². The molecule has 1 fully saturated rings. The number of hydrogen-bond acceptors (Lipinski definition) is 8. The van der Waals surface area contributed by atoms with Crippen LogP contribution in [-0.2, 0) is 14.4 Å². The molecule has 1 aliphatic heterocycles. The summed E-state index contributed by atoms with van der Waals surface area (Å²) >= 11 is 0.743. The lowest BCUT2D eigenvalue weighted by Crippen LogP contribution is -2.36. The number of methoxy groups -OCH3 is 1. The molecule has 0 aliphatic carbocycles. The van der Waals surface area contributed by atoms with Crippen LogP contribution in [0.4, 0.5) is 16.2 Å². The maximum absolute atomic E-state index is 12.9. The van der Waals surface area contributed by atoms with Gasteiger partial charge in [0.05, 0.1) is 18.6 Å². The van der Waals surface area contributed by atoms with E-state index in [0.717, 1.165) is 22.2 Å². The zero-order chi connectivity index (χ0) is 29.4. The largest absolute Gasteiger partial charge is 0.494 e. The third-order valence-electron chi connectivity index (χ3n) is 5.80. The van der Waals surface area contributed by atoms with Gasteiger partial charge in [-0.1, -0.05) is 23.8 Å². The van der Waals surface area contributed by atoms with Crippen LogP contribution in [0.2, 0.25) is 0 Å². The monoisotopic (exact) mass is 575 g/mol. The van der Waals surface area contributed by atoms with Crippen molar-refractivity contribution in [2.24, 2.45) is 0 Å². The molecule has 41 heavy (non-hydrogen) atoms. The van der Waals surface area contributed by atoms with Gasteiger partial charge in [-0.15, -0.1) is 0 Å². The van der Waals surface area contributed by atoms with E-state index in [9.17, 15) is 19.2 Å². The molecule has 0 atom stereocenters. The van der Waals surface area contributed by atoms with Gasteiger partial charge in [-0.2, -0.15) is 0 Å². The normalized spacial score (nSPS) is 13.7. The highest BCUT2D eigenvalue weighted by molar-refractivity contribution is 8.18. The molecule has 11 heteroatoms. The number of nitrogens with zero attached hydrogens (tertiary/aromatic N) is 1.